The summed E-state index contributed by atoms with van der Waals surface area (Å²) in [6.45, 7) is -0.0200. The van der Waals surface area contributed by atoms with E-state index in [1.165, 1.54) is 12.1 Å². The summed E-state index contributed by atoms with van der Waals surface area (Å²) in [6, 6.07) is 25.0. The Hall–Kier alpha value is -4.32. The summed E-state index contributed by atoms with van der Waals surface area (Å²) in [5.41, 5.74) is 2.59. The highest BCUT2D eigenvalue weighted by Gasteiger charge is 2.32. The summed E-state index contributed by atoms with van der Waals surface area (Å²) in [6.07, 6.45) is 0. The van der Waals surface area contributed by atoms with Crippen molar-refractivity contribution < 1.29 is 27.4 Å². The Morgan fingerprint density at radius 2 is 1.34 bits per heavy atom. The van der Waals surface area contributed by atoms with E-state index in [0.29, 0.717) is 16.9 Å². The second-order valence-electron chi connectivity index (χ2n) is 8.18. The van der Waals surface area contributed by atoms with E-state index in [4.69, 9.17) is 0 Å². The number of carbonyl (C=O) groups is 3. The number of benzene rings is 3. The molecule has 1 atom stereocenters. The third-order valence-corrected chi connectivity index (χ3v) is 7.47. The molecular formula is C27H23N3O6S2. The number of anilines is 2. The Kier molecular flexibility index (Phi) is 8.31. The van der Waals surface area contributed by atoms with Gasteiger partial charge in [-0.25, -0.2) is 0 Å². The molecule has 0 spiro atoms. The van der Waals surface area contributed by atoms with Crippen LogP contribution in [0.15, 0.2) is 96.4 Å². The number of thiophene rings is 1. The van der Waals surface area contributed by atoms with Gasteiger partial charge in [-0.05, 0) is 52.4 Å². The number of nitrogens with one attached hydrogen (secondary N) is 3. The fourth-order valence-electron chi connectivity index (χ4n) is 3.61. The zero-order valence-corrected chi connectivity index (χ0v) is 21.5. The minimum Gasteiger partial charge on any atom is -0.351 e. The van der Waals surface area contributed by atoms with E-state index >= 15 is 0 Å². The van der Waals surface area contributed by atoms with Gasteiger partial charge in [0.25, 0.3) is 10.1 Å². The van der Waals surface area contributed by atoms with E-state index in [1.807, 2.05) is 29.6 Å². The lowest BCUT2D eigenvalue weighted by molar-refractivity contribution is -0.132. The quantitative estimate of drug-likeness (QED) is 0.191. The Labute approximate surface area is 223 Å². The predicted octanol–water partition coefficient (Wildman–Crippen LogP) is 4.24. The molecule has 9 nitrogen and oxygen atoms in total. The molecule has 0 saturated carbocycles. The van der Waals surface area contributed by atoms with Crippen LogP contribution in [0, 0.1) is 0 Å². The van der Waals surface area contributed by atoms with Crippen LogP contribution in [0.4, 0.5) is 11.4 Å². The summed E-state index contributed by atoms with van der Waals surface area (Å²) in [7, 11) is -4.68. The number of amides is 3. The van der Waals surface area contributed by atoms with Gasteiger partial charge >= 0.3 is 11.8 Å². The monoisotopic (exact) mass is 549 g/mol. The van der Waals surface area contributed by atoms with Crippen LogP contribution in [0.2, 0.25) is 0 Å². The second kappa shape index (κ2) is 11.8. The molecule has 1 unspecified atom stereocenters. The van der Waals surface area contributed by atoms with Gasteiger partial charge in [-0.3, -0.25) is 18.9 Å². The lowest BCUT2D eigenvalue weighted by Gasteiger charge is -2.14. The van der Waals surface area contributed by atoms with E-state index in [2.05, 4.69) is 16.0 Å². The van der Waals surface area contributed by atoms with Crippen LogP contribution in [0.3, 0.4) is 0 Å². The summed E-state index contributed by atoms with van der Waals surface area (Å²) >= 11 is 1.60. The number of hydrogen-bond acceptors (Lipinski definition) is 6. The Morgan fingerprint density at radius 3 is 1.87 bits per heavy atom. The highest BCUT2D eigenvalue weighted by Crippen LogP contribution is 2.26. The van der Waals surface area contributed by atoms with Crippen molar-refractivity contribution in [2.75, 3.05) is 10.6 Å². The van der Waals surface area contributed by atoms with Crippen LogP contribution in [0.5, 0.6) is 0 Å². The van der Waals surface area contributed by atoms with E-state index in [9.17, 15) is 27.4 Å². The van der Waals surface area contributed by atoms with Gasteiger partial charge in [0.05, 0.1) is 0 Å². The molecular weight excluding hydrogens is 526 g/mol. The molecule has 3 aromatic carbocycles. The standard InChI is InChI=1S/C27H23N3O6S2/c31-25(24(38(34,35)36)20-5-2-1-3-6-20)28-17-18-8-12-21(13-9-18)29-26(32)27(33)30-22-14-10-19(11-15-22)23-7-4-16-37-23/h1-16,24H,17H2,(H,28,31)(H,29,32)(H,30,33)(H,34,35,36). The van der Waals surface area contributed by atoms with Gasteiger partial charge in [-0.2, -0.15) is 8.42 Å². The minimum absolute atomic E-state index is 0.0200. The van der Waals surface area contributed by atoms with E-state index in [0.717, 1.165) is 10.4 Å². The summed E-state index contributed by atoms with van der Waals surface area (Å²) in [5, 5.41) is 7.76. The molecule has 4 aromatic rings. The Bertz CT molecular complexity index is 1520. The Balaban J connectivity index is 1.30. The van der Waals surface area contributed by atoms with Crippen molar-refractivity contribution in [1.82, 2.24) is 5.32 Å². The van der Waals surface area contributed by atoms with Crippen molar-refractivity contribution in [1.29, 1.82) is 0 Å². The molecule has 1 aromatic heterocycles. The van der Waals surface area contributed by atoms with Crippen LogP contribution in [0.25, 0.3) is 10.4 Å². The molecule has 0 aliphatic rings. The van der Waals surface area contributed by atoms with Crippen molar-refractivity contribution >= 4 is 50.6 Å². The highest BCUT2D eigenvalue weighted by atomic mass is 32.2. The Morgan fingerprint density at radius 1 is 0.763 bits per heavy atom. The van der Waals surface area contributed by atoms with Crippen LogP contribution in [-0.4, -0.2) is 30.7 Å². The normalized spacial score (nSPS) is 11.8. The van der Waals surface area contributed by atoms with E-state index in [-0.39, 0.29) is 12.1 Å². The maximum atomic E-state index is 12.5. The van der Waals surface area contributed by atoms with Crippen LogP contribution < -0.4 is 16.0 Å². The smallest absolute Gasteiger partial charge is 0.314 e. The van der Waals surface area contributed by atoms with Gasteiger partial charge in [0.2, 0.25) is 5.91 Å². The first kappa shape index (κ1) is 26.7. The molecule has 0 radical (unpaired) electrons. The summed E-state index contributed by atoms with van der Waals surface area (Å²) in [5.74, 6) is -2.56. The molecule has 4 rings (SSSR count). The van der Waals surface area contributed by atoms with Crippen molar-refractivity contribution in [3.63, 3.8) is 0 Å². The molecule has 0 saturated heterocycles. The van der Waals surface area contributed by atoms with Gasteiger partial charge in [0.15, 0.2) is 5.25 Å². The summed E-state index contributed by atoms with van der Waals surface area (Å²) in [4.78, 5) is 38.2. The number of rotatable bonds is 8. The van der Waals surface area contributed by atoms with Gasteiger partial charge < -0.3 is 16.0 Å². The molecule has 0 bridgehead atoms. The first-order valence-corrected chi connectivity index (χ1v) is 13.7. The average molecular weight is 550 g/mol. The maximum absolute atomic E-state index is 12.5. The third kappa shape index (κ3) is 6.91. The van der Waals surface area contributed by atoms with E-state index < -0.39 is 33.1 Å². The van der Waals surface area contributed by atoms with Crippen molar-refractivity contribution in [2.24, 2.45) is 0 Å². The van der Waals surface area contributed by atoms with E-state index in [1.54, 1.807) is 65.9 Å². The molecule has 38 heavy (non-hydrogen) atoms. The molecule has 0 aliphatic heterocycles. The lowest BCUT2D eigenvalue weighted by Crippen LogP contribution is -2.33. The van der Waals surface area contributed by atoms with Crippen LogP contribution in [-0.2, 0) is 31.0 Å². The van der Waals surface area contributed by atoms with Crippen LogP contribution >= 0.6 is 11.3 Å². The minimum atomic E-state index is -4.68. The average Bonchev–Trinajstić information content (AvgIpc) is 3.44. The first-order valence-electron chi connectivity index (χ1n) is 11.3. The lowest BCUT2D eigenvalue weighted by atomic mass is 10.1. The van der Waals surface area contributed by atoms with Crippen molar-refractivity contribution in [3.8, 4) is 10.4 Å². The fourth-order valence-corrected chi connectivity index (χ4v) is 5.20. The number of hydrogen-bond donors (Lipinski definition) is 4. The molecule has 11 heteroatoms. The zero-order chi connectivity index (χ0) is 27.1. The molecule has 0 aliphatic carbocycles. The molecule has 4 N–H and O–H groups in total. The van der Waals surface area contributed by atoms with Gasteiger partial charge in [0.1, 0.15) is 0 Å². The van der Waals surface area contributed by atoms with Gasteiger partial charge in [-0.1, -0.05) is 60.7 Å². The fraction of sp³-hybridized carbons (Fsp3) is 0.0741. The SMILES string of the molecule is O=C(Nc1ccc(CNC(=O)C(c2ccccc2)S(=O)(=O)O)cc1)C(=O)Nc1ccc(-c2cccs2)cc1. The first-order chi connectivity index (χ1) is 18.2. The highest BCUT2D eigenvalue weighted by molar-refractivity contribution is 7.86. The van der Waals surface area contributed by atoms with Crippen molar-refractivity contribution in [3.05, 3.63) is 108 Å². The molecule has 194 valence electrons. The van der Waals surface area contributed by atoms with Crippen LogP contribution in [0.1, 0.15) is 16.4 Å². The van der Waals surface area contributed by atoms with Crippen molar-refractivity contribution in [2.45, 2.75) is 11.8 Å². The van der Waals surface area contributed by atoms with Gasteiger partial charge in [0, 0.05) is 22.8 Å². The maximum Gasteiger partial charge on any atom is 0.314 e. The largest absolute Gasteiger partial charge is 0.351 e. The number of carbonyl (C=O) groups excluding carboxylic acids is 3. The molecule has 3 amide bonds. The molecule has 1 heterocycles. The summed E-state index contributed by atoms with van der Waals surface area (Å²) < 4.78 is 33.1. The predicted molar refractivity (Wildman–Crippen MR) is 146 cm³/mol. The molecule has 0 fully saturated rings. The topological polar surface area (TPSA) is 142 Å². The third-order valence-electron chi connectivity index (χ3n) is 5.47. The van der Waals surface area contributed by atoms with Gasteiger partial charge in [-0.15, -0.1) is 11.3 Å². The second-order valence-corrected chi connectivity index (χ2v) is 10.6. The zero-order valence-electron chi connectivity index (χ0n) is 19.8.